The van der Waals surface area contributed by atoms with Crippen molar-refractivity contribution >= 4 is 23.1 Å². The van der Waals surface area contributed by atoms with Crippen LogP contribution < -0.4 is 5.32 Å². The van der Waals surface area contributed by atoms with Gasteiger partial charge in [-0.25, -0.2) is 0 Å². The summed E-state index contributed by atoms with van der Waals surface area (Å²) in [5, 5.41) is 3.26. The van der Waals surface area contributed by atoms with Gasteiger partial charge in [-0.15, -0.1) is 0 Å². The maximum absolute atomic E-state index is 13.3. The largest absolute Gasteiger partial charge is 0.379 e. The Balaban J connectivity index is 1.96. The Kier molecular flexibility index (Phi) is 6.96. The van der Waals surface area contributed by atoms with Crippen molar-refractivity contribution in [3.05, 3.63) is 69.9 Å². The molecule has 31 heavy (non-hydrogen) atoms. The van der Waals surface area contributed by atoms with Crippen LogP contribution in [0.25, 0.3) is 5.57 Å². The van der Waals surface area contributed by atoms with Crippen LogP contribution >= 0.6 is 0 Å². The maximum Gasteiger partial charge on any atom is 0.278 e. The van der Waals surface area contributed by atoms with Crippen LogP contribution in [0.15, 0.2) is 42.1 Å². The van der Waals surface area contributed by atoms with Crippen LogP contribution in [0.1, 0.15) is 48.1 Å². The molecule has 1 aliphatic heterocycles. The van der Waals surface area contributed by atoms with Crippen molar-refractivity contribution in [2.45, 2.75) is 54.1 Å². The number of hydrogen-bond donors (Lipinski definition) is 1. The predicted octanol–water partition coefficient (Wildman–Crippen LogP) is 4.93. The Bertz CT molecular complexity index is 1020. The van der Waals surface area contributed by atoms with E-state index in [1.807, 2.05) is 71.9 Å². The van der Waals surface area contributed by atoms with E-state index in [4.69, 9.17) is 4.74 Å². The SMILES string of the molecule is Cc1cc(C)cc(NC2=C(c3ccc(C)c(C)c3)C(=O)N(CCCOC(C)C)C2=O)c1. The fourth-order valence-electron chi connectivity index (χ4n) is 3.79. The molecule has 0 bridgehead atoms. The van der Waals surface area contributed by atoms with Crippen LogP contribution in [0, 0.1) is 27.7 Å². The highest BCUT2D eigenvalue weighted by Gasteiger charge is 2.39. The molecule has 164 valence electrons. The molecule has 1 N–H and O–H groups in total. The summed E-state index contributed by atoms with van der Waals surface area (Å²) in [6, 6.07) is 11.9. The van der Waals surface area contributed by atoms with Crippen LogP contribution in [0.2, 0.25) is 0 Å². The zero-order valence-corrected chi connectivity index (χ0v) is 19.3. The Labute approximate surface area is 185 Å². The van der Waals surface area contributed by atoms with Crippen molar-refractivity contribution in [1.29, 1.82) is 0 Å². The summed E-state index contributed by atoms with van der Waals surface area (Å²) in [6.45, 7) is 12.8. The lowest BCUT2D eigenvalue weighted by Gasteiger charge is -2.16. The molecule has 0 saturated carbocycles. The average Bonchev–Trinajstić information content (AvgIpc) is 2.90. The molecule has 0 fully saturated rings. The van der Waals surface area contributed by atoms with E-state index in [9.17, 15) is 9.59 Å². The van der Waals surface area contributed by atoms with Gasteiger partial charge in [0.1, 0.15) is 5.70 Å². The zero-order valence-electron chi connectivity index (χ0n) is 19.3. The molecule has 0 radical (unpaired) electrons. The number of carbonyl (C=O) groups is 2. The topological polar surface area (TPSA) is 58.6 Å². The Morgan fingerprint density at radius 3 is 2.19 bits per heavy atom. The Hall–Kier alpha value is -2.92. The molecule has 3 rings (SSSR count). The molecule has 0 saturated heterocycles. The molecular weight excluding hydrogens is 388 g/mol. The molecular formula is C26H32N2O3. The van der Waals surface area contributed by atoms with Crippen LogP contribution in [0.3, 0.4) is 0 Å². The highest BCUT2D eigenvalue weighted by Crippen LogP contribution is 2.32. The Morgan fingerprint density at radius 1 is 0.903 bits per heavy atom. The van der Waals surface area contributed by atoms with Gasteiger partial charge in [-0.2, -0.15) is 0 Å². The third kappa shape index (κ3) is 5.23. The molecule has 1 aliphatic rings. The summed E-state index contributed by atoms with van der Waals surface area (Å²) in [4.78, 5) is 28.0. The first kappa shape index (κ1) is 22.8. The third-order valence-electron chi connectivity index (χ3n) is 5.43. The predicted molar refractivity (Wildman–Crippen MR) is 125 cm³/mol. The quantitative estimate of drug-likeness (QED) is 0.486. The number of benzene rings is 2. The number of carbonyl (C=O) groups excluding carboxylic acids is 2. The minimum atomic E-state index is -0.290. The minimum Gasteiger partial charge on any atom is -0.379 e. The molecule has 2 amide bonds. The van der Waals surface area contributed by atoms with E-state index in [0.29, 0.717) is 30.8 Å². The van der Waals surface area contributed by atoms with Gasteiger partial charge in [0, 0.05) is 18.8 Å². The van der Waals surface area contributed by atoms with E-state index in [2.05, 4.69) is 11.4 Å². The van der Waals surface area contributed by atoms with Crippen LogP contribution in [-0.2, 0) is 14.3 Å². The van der Waals surface area contributed by atoms with Crippen molar-refractivity contribution in [2.75, 3.05) is 18.5 Å². The third-order valence-corrected chi connectivity index (χ3v) is 5.43. The first-order valence-electron chi connectivity index (χ1n) is 10.8. The monoisotopic (exact) mass is 420 g/mol. The number of nitrogens with zero attached hydrogens (tertiary/aromatic N) is 1. The summed E-state index contributed by atoms with van der Waals surface area (Å²) in [7, 11) is 0. The van der Waals surface area contributed by atoms with Crippen LogP contribution in [0.4, 0.5) is 5.69 Å². The highest BCUT2D eigenvalue weighted by atomic mass is 16.5. The molecule has 0 unspecified atom stereocenters. The number of imide groups is 1. The fourth-order valence-corrected chi connectivity index (χ4v) is 3.79. The summed E-state index contributed by atoms with van der Waals surface area (Å²) in [6.07, 6.45) is 0.725. The molecule has 0 atom stereocenters. The van der Waals surface area contributed by atoms with E-state index in [1.165, 1.54) is 4.90 Å². The normalized spacial score (nSPS) is 14.2. The van der Waals surface area contributed by atoms with Crippen molar-refractivity contribution in [3.8, 4) is 0 Å². The van der Waals surface area contributed by atoms with E-state index in [-0.39, 0.29) is 17.9 Å². The highest BCUT2D eigenvalue weighted by molar-refractivity contribution is 6.36. The fraction of sp³-hybridized carbons (Fsp3) is 0.385. The number of aryl methyl sites for hydroxylation is 4. The maximum atomic E-state index is 13.3. The lowest BCUT2D eigenvalue weighted by atomic mass is 9.99. The van der Waals surface area contributed by atoms with Gasteiger partial charge in [-0.05, 0) is 87.9 Å². The molecule has 2 aromatic carbocycles. The van der Waals surface area contributed by atoms with Gasteiger partial charge in [-0.3, -0.25) is 14.5 Å². The number of nitrogens with one attached hydrogen (secondary N) is 1. The smallest absolute Gasteiger partial charge is 0.278 e. The van der Waals surface area contributed by atoms with Gasteiger partial charge in [0.25, 0.3) is 11.8 Å². The second-order valence-corrected chi connectivity index (χ2v) is 8.59. The van der Waals surface area contributed by atoms with E-state index in [1.54, 1.807) is 0 Å². The first-order chi connectivity index (χ1) is 14.7. The molecule has 1 heterocycles. The van der Waals surface area contributed by atoms with Crippen LogP contribution in [0.5, 0.6) is 0 Å². The lowest BCUT2D eigenvalue weighted by Crippen LogP contribution is -2.34. The summed E-state index contributed by atoms with van der Waals surface area (Å²) < 4.78 is 5.58. The van der Waals surface area contributed by atoms with Crippen molar-refractivity contribution in [1.82, 2.24) is 4.90 Å². The summed E-state index contributed by atoms with van der Waals surface area (Å²) in [5.74, 6) is -0.549. The van der Waals surface area contributed by atoms with Gasteiger partial charge >= 0.3 is 0 Å². The zero-order chi connectivity index (χ0) is 22.7. The minimum absolute atomic E-state index is 0.121. The van der Waals surface area contributed by atoms with E-state index >= 15 is 0 Å². The second-order valence-electron chi connectivity index (χ2n) is 8.59. The average molecular weight is 421 g/mol. The van der Waals surface area contributed by atoms with Crippen molar-refractivity contribution in [2.24, 2.45) is 0 Å². The number of amides is 2. The second kappa shape index (κ2) is 9.48. The summed E-state index contributed by atoms with van der Waals surface area (Å²) in [5.41, 5.74) is 6.74. The molecule has 5 nitrogen and oxygen atoms in total. The molecule has 0 spiro atoms. The Morgan fingerprint density at radius 2 is 1.58 bits per heavy atom. The number of rotatable bonds is 8. The molecule has 0 aliphatic carbocycles. The standard InChI is InChI=1S/C26H32N2O3/c1-16(2)31-11-7-10-28-25(29)23(21-9-8-19(5)20(6)15-21)24(26(28)30)27-22-13-17(3)12-18(4)14-22/h8-9,12-16,27H,7,10-11H2,1-6H3. The van der Waals surface area contributed by atoms with E-state index < -0.39 is 0 Å². The molecule has 5 heteroatoms. The van der Waals surface area contributed by atoms with Gasteiger partial charge in [0.05, 0.1) is 11.7 Å². The molecule has 2 aromatic rings. The lowest BCUT2D eigenvalue weighted by molar-refractivity contribution is -0.137. The number of anilines is 1. The van der Waals surface area contributed by atoms with Gasteiger partial charge in [0.2, 0.25) is 0 Å². The summed E-state index contributed by atoms with van der Waals surface area (Å²) >= 11 is 0. The van der Waals surface area contributed by atoms with Gasteiger partial charge < -0.3 is 10.1 Å². The van der Waals surface area contributed by atoms with Crippen molar-refractivity contribution in [3.63, 3.8) is 0 Å². The number of ether oxygens (including phenoxy) is 1. The first-order valence-corrected chi connectivity index (χ1v) is 10.8. The van der Waals surface area contributed by atoms with E-state index in [0.717, 1.165) is 33.5 Å². The van der Waals surface area contributed by atoms with Crippen LogP contribution in [-0.4, -0.2) is 36.0 Å². The van der Waals surface area contributed by atoms with Crippen molar-refractivity contribution < 1.29 is 14.3 Å². The van der Waals surface area contributed by atoms with Gasteiger partial charge in [-0.1, -0.05) is 24.3 Å². The van der Waals surface area contributed by atoms with Gasteiger partial charge in [0.15, 0.2) is 0 Å². The number of hydrogen-bond acceptors (Lipinski definition) is 4. The molecule has 0 aromatic heterocycles.